The standard InChI is InChI=1S/C21H32O9/c1-8-21(28-12-9-25-18(22)15(2)3,29-13-10-26-19(23)16(4)5)30-14-11-27-20(24)17(6)7/h2,4,6,8-14H2,1,3,5,7H3. The van der Waals surface area contributed by atoms with E-state index in [1.807, 2.05) is 0 Å². The maximum Gasteiger partial charge on any atom is 0.333 e. The molecular weight excluding hydrogens is 396 g/mol. The summed E-state index contributed by atoms with van der Waals surface area (Å²) in [5.41, 5.74) is 0.800. The lowest BCUT2D eigenvalue weighted by Gasteiger charge is -2.32. The van der Waals surface area contributed by atoms with Gasteiger partial charge in [0.25, 0.3) is 5.97 Å². The van der Waals surface area contributed by atoms with E-state index in [4.69, 9.17) is 28.4 Å². The minimum Gasteiger partial charge on any atom is -0.460 e. The van der Waals surface area contributed by atoms with E-state index >= 15 is 0 Å². The minimum absolute atomic E-state index is 0.0238. The van der Waals surface area contributed by atoms with E-state index in [1.54, 1.807) is 6.92 Å². The summed E-state index contributed by atoms with van der Waals surface area (Å²) in [5.74, 6) is -3.14. The van der Waals surface area contributed by atoms with Gasteiger partial charge in [-0.25, -0.2) is 14.4 Å². The number of esters is 3. The first-order valence-corrected chi connectivity index (χ1v) is 9.44. The Kier molecular flexibility index (Phi) is 13.3. The summed E-state index contributed by atoms with van der Waals surface area (Å²) in [4.78, 5) is 34.3. The highest BCUT2D eigenvalue weighted by Gasteiger charge is 2.32. The fourth-order valence-electron chi connectivity index (χ4n) is 1.80. The summed E-state index contributed by atoms with van der Waals surface area (Å²) in [7, 11) is 0. The van der Waals surface area contributed by atoms with Gasteiger partial charge in [-0.3, -0.25) is 0 Å². The van der Waals surface area contributed by atoms with Crippen molar-refractivity contribution in [2.75, 3.05) is 39.6 Å². The molecule has 0 aliphatic carbocycles. The normalized spacial score (nSPS) is 10.8. The fourth-order valence-corrected chi connectivity index (χ4v) is 1.80. The fraction of sp³-hybridized carbons (Fsp3) is 0.571. The number of rotatable bonds is 16. The molecular formula is C21H32O9. The first-order chi connectivity index (χ1) is 14.0. The Morgan fingerprint density at radius 2 is 0.867 bits per heavy atom. The second kappa shape index (κ2) is 14.5. The average molecular weight is 428 g/mol. The number of carbonyl (C=O) groups excluding carboxylic acids is 3. The Labute approximate surface area is 177 Å². The van der Waals surface area contributed by atoms with Crippen LogP contribution in [0.5, 0.6) is 0 Å². The van der Waals surface area contributed by atoms with Gasteiger partial charge in [0.1, 0.15) is 19.8 Å². The molecule has 0 aliphatic rings. The van der Waals surface area contributed by atoms with Crippen LogP contribution in [-0.4, -0.2) is 63.5 Å². The lowest BCUT2D eigenvalue weighted by atomic mass is 10.4. The molecule has 9 nitrogen and oxygen atoms in total. The van der Waals surface area contributed by atoms with E-state index in [9.17, 15) is 14.4 Å². The number of carbonyl (C=O) groups is 3. The van der Waals surface area contributed by atoms with Crippen LogP contribution < -0.4 is 0 Å². The van der Waals surface area contributed by atoms with Gasteiger partial charge >= 0.3 is 17.9 Å². The summed E-state index contributed by atoms with van der Waals surface area (Å²) in [6.07, 6.45) is 0.254. The zero-order valence-corrected chi connectivity index (χ0v) is 18.2. The van der Waals surface area contributed by atoms with Gasteiger partial charge in [0.05, 0.1) is 19.8 Å². The number of hydrogen-bond acceptors (Lipinski definition) is 9. The highest BCUT2D eigenvalue weighted by atomic mass is 16.9. The molecule has 0 rings (SSSR count). The van der Waals surface area contributed by atoms with Gasteiger partial charge in [-0.15, -0.1) is 0 Å². The Hall–Kier alpha value is -2.49. The van der Waals surface area contributed by atoms with Crippen molar-refractivity contribution in [3.63, 3.8) is 0 Å². The molecule has 0 bridgehead atoms. The van der Waals surface area contributed by atoms with Crippen LogP contribution in [0.25, 0.3) is 0 Å². The zero-order chi connectivity index (χ0) is 23.2. The first-order valence-electron chi connectivity index (χ1n) is 9.44. The topological polar surface area (TPSA) is 107 Å². The first kappa shape index (κ1) is 27.5. The SMILES string of the molecule is C=C(C)C(=O)OCCOC(CC)(OCCOC(=O)C(=C)C)OCCOC(=O)C(=C)C. The van der Waals surface area contributed by atoms with Gasteiger partial charge in [0, 0.05) is 23.1 Å². The van der Waals surface area contributed by atoms with Crippen molar-refractivity contribution < 1.29 is 42.8 Å². The van der Waals surface area contributed by atoms with E-state index in [0.717, 1.165) is 0 Å². The van der Waals surface area contributed by atoms with Crippen molar-refractivity contribution in [3.8, 4) is 0 Å². The van der Waals surface area contributed by atoms with Crippen LogP contribution in [0.2, 0.25) is 0 Å². The molecule has 0 aromatic rings. The van der Waals surface area contributed by atoms with Gasteiger partial charge in [0.2, 0.25) is 0 Å². The summed E-state index contributed by atoms with van der Waals surface area (Å²) in [5, 5.41) is 0. The molecule has 0 unspecified atom stereocenters. The molecule has 0 aromatic carbocycles. The predicted molar refractivity (Wildman–Crippen MR) is 108 cm³/mol. The van der Waals surface area contributed by atoms with Gasteiger partial charge in [-0.2, -0.15) is 0 Å². The Balaban J connectivity index is 4.74. The van der Waals surface area contributed by atoms with Gasteiger partial charge < -0.3 is 28.4 Å². The molecule has 0 aromatic heterocycles. The minimum atomic E-state index is -1.51. The molecule has 9 heteroatoms. The molecule has 0 N–H and O–H groups in total. The molecule has 0 spiro atoms. The highest BCUT2D eigenvalue weighted by Crippen LogP contribution is 2.20. The summed E-state index contributed by atoms with van der Waals surface area (Å²) < 4.78 is 31.9. The molecule has 0 saturated carbocycles. The van der Waals surface area contributed by atoms with E-state index in [2.05, 4.69) is 19.7 Å². The van der Waals surface area contributed by atoms with Crippen molar-refractivity contribution in [2.24, 2.45) is 0 Å². The third-order valence-corrected chi connectivity index (χ3v) is 3.39. The Morgan fingerprint density at radius 3 is 1.07 bits per heavy atom. The van der Waals surface area contributed by atoms with Crippen molar-refractivity contribution in [1.82, 2.24) is 0 Å². The van der Waals surface area contributed by atoms with E-state index in [0.29, 0.717) is 0 Å². The largest absolute Gasteiger partial charge is 0.460 e. The van der Waals surface area contributed by atoms with Gasteiger partial charge in [-0.05, 0) is 20.8 Å². The van der Waals surface area contributed by atoms with Gasteiger partial charge in [-0.1, -0.05) is 26.7 Å². The smallest absolute Gasteiger partial charge is 0.333 e. The third kappa shape index (κ3) is 11.5. The van der Waals surface area contributed by atoms with Crippen LogP contribution in [0.15, 0.2) is 36.5 Å². The number of hydrogen-bond donors (Lipinski definition) is 0. The van der Waals surface area contributed by atoms with Gasteiger partial charge in [0.15, 0.2) is 0 Å². The molecule has 0 atom stereocenters. The Bertz CT molecular complexity index is 553. The van der Waals surface area contributed by atoms with Crippen LogP contribution >= 0.6 is 0 Å². The van der Waals surface area contributed by atoms with Crippen molar-refractivity contribution in [1.29, 1.82) is 0 Å². The lowest BCUT2D eigenvalue weighted by Crippen LogP contribution is -2.41. The quantitative estimate of drug-likeness (QED) is 0.120. The van der Waals surface area contributed by atoms with Crippen LogP contribution in [-0.2, 0) is 42.8 Å². The van der Waals surface area contributed by atoms with E-state index in [1.165, 1.54) is 20.8 Å². The van der Waals surface area contributed by atoms with E-state index < -0.39 is 23.9 Å². The zero-order valence-electron chi connectivity index (χ0n) is 18.2. The van der Waals surface area contributed by atoms with Crippen molar-refractivity contribution in [2.45, 2.75) is 40.1 Å². The van der Waals surface area contributed by atoms with Crippen LogP contribution in [0, 0.1) is 0 Å². The molecule has 170 valence electrons. The maximum atomic E-state index is 11.4. The summed E-state index contributed by atoms with van der Waals surface area (Å²) in [6.45, 7) is 16.6. The highest BCUT2D eigenvalue weighted by molar-refractivity contribution is 5.87. The molecule has 0 amide bonds. The van der Waals surface area contributed by atoms with Crippen LogP contribution in [0.4, 0.5) is 0 Å². The molecule has 30 heavy (non-hydrogen) atoms. The molecule has 0 aliphatic heterocycles. The molecule has 0 heterocycles. The average Bonchev–Trinajstić information content (AvgIpc) is 2.70. The van der Waals surface area contributed by atoms with E-state index in [-0.39, 0.29) is 62.8 Å². The molecule has 0 radical (unpaired) electrons. The molecule has 0 saturated heterocycles. The second-order valence-corrected chi connectivity index (χ2v) is 6.33. The predicted octanol–water partition coefficient (Wildman–Crippen LogP) is 2.46. The lowest BCUT2D eigenvalue weighted by molar-refractivity contribution is -0.385. The summed E-state index contributed by atoms with van der Waals surface area (Å²) >= 11 is 0. The van der Waals surface area contributed by atoms with Crippen molar-refractivity contribution in [3.05, 3.63) is 36.5 Å². The maximum absolute atomic E-state index is 11.4. The van der Waals surface area contributed by atoms with Crippen molar-refractivity contribution >= 4 is 17.9 Å². The monoisotopic (exact) mass is 428 g/mol. The third-order valence-electron chi connectivity index (χ3n) is 3.39. The molecule has 0 fully saturated rings. The summed E-state index contributed by atoms with van der Waals surface area (Å²) in [6, 6.07) is 0. The Morgan fingerprint density at radius 1 is 0.600 bits per heavy atom. The second-order valence-electron chi connectivity index (χ2n) is 6.33. The number of ether oxygens (including phenoxy) is 6. The van der Waals surface area contributed by atoms with Crippen LogP contribution in [0.3, 0.4) is 0 Å². The van der Waals surface area contributed by atoms with Crippen LogP contribution in [0.1, 0.15) is 34.1 Å².